The second kappa shape index (κ2) is 7.18. The highest BCUT2D eigenvalue weighted by atomic mass is 35.5. The summed E-state index contributed by atoms with van der Waals surface area (Å²) < 4.78 is 5.47. The Morgan fingerprint density at radius 3 is 2.25 bits per heavy atom. The van der Waals surface area contributed by atoms with Gasteiger partial charge in [-0.3, -0.25) is 0 Å². The van der Waals surface area contributed by atoms with Crippen molar-refractivity contribution in [1.29, 1.82) is 0 Å². The van der Waals surface area contributed by atoms with Crippen LogP contribution in [-0.2, 0) is 6.42 Å². The topological polar surface area (TPSA) is 38.9 Å². The first-order valence-electron chi connectivity index (χ1n) is 8.21. The van der Waals surface area contributed by atoms with Crippen molar-refractivity contribution in [3.05, 3.63) is 70.6 Å². The lowest BCUT2D eigenvalue weighted by atomic mass is 9.97. The Balaban J connectivity index is 1.78. The zero-order valence-electron chi connectivity index (χ0n) is 14.2. The van der Waals surface area contributed by atoms with Gasteiger partial charge >= 0.3 is 0 Å². The fourth-order valence-corrected chi connectivity index (χ4v) is 2.81. The van der Waals surface area contributed by atoms with Crippen molar-refractivity contribution >= 4 is 11.6 Å². The molecule has 0 aliphatic carbocycles. The molecule has 3 rings (SSSR count). The highest BCUT2D eigenvalue weighted by molar-refractivity contribution is 6.30. The quantitative estimate of drug-likeness (QED) is 0.594. The Bertz CT molecular complexity index is 791. The van der Waals surface area contributed by atoms with Crippen molar-refractivity contribution in [2.75, 3.05) is 0 Å². The first-order chi connectivity index (χ1) is 11.5. The highest BCUT2D eigenvalue weighted by Crippen LogP contribution is 2.26. The summed E-state index contributed by atoms with van der Waals surface area (Å²) in [6, 6.07) is 16.1. The van der Waals surface area contributed by atoms with Crippen LogP contribution in [-0.4, -0.2) is 10.1 Å². The molecule has 24 heavy (non-hydrogen) atoms. The van der Waals surface area contributed by atoms with Crippen LogP contribution in [0.4, 0.5) is 0 Å². The smallest absolute Gasteiger partial charge is 0.234 e. The Kier molecular flexibility index (Phi) is 5.00. The molecule has 0 fully saturated rings. The van der Waals surface area contributed by atoms with Gasteiger partial charge < -0.3 is 4.52 Å². The predicted octanol–water partition coefficient (Wildman–Crippen LogP) is 5.74. The van der Waals surface area contributed by atoms with Gasteiger partial charge in [0.2, 0.25) is 11.7 Å². The van der Waals surface area contributed by atoms with Gasteiger partial charge in [0.15, 0.2) is 0 Å². The largest absolute Gasteiger partial charge is 0.338 e. The fraction of sp³-hybridized carbons (Fsp3) is 0.300. The van der Waals surface area contributed by atoms with Crippen molar-refractivity contribution in [1.82, 2.24) is 10.1 Å². The molecule has 0 radical (unpaired) electrons. The zero-order chi connectivity index (χ0) is 17.1. The molecule has 4 heteroatoms. The molecule has 1 aromatic heterocycles. The van der Waals surface area contributed by atoms with Gasteiger partial charge in [0.1, 0.15) is 0 Å². The number of nitrogens with zero attached hydrogens (tertiary/aromatic N) is 2. The van der Waals surface area contributed by atoms with E-state index in [1.165, 1.54) is 11.1 Å². The van der Waals surface area contributed by atoms with Crippen molar-refractivity contribution in [3.63, 3.8) is 0 Å². The molecule has 0 aliphatic heterocycles. The highest BCUT2D eigenvalue weighted by Gasteiger charge is 2.17. The van der Waals surface area contributed by atoms with Crippen LogP contribution in [0.2, 0.25) is 5.02 Å². The van der Waals surface area contributed by atoms with E-state index in [1.807, 2.05) is 24.3 Å². The third kappa shape index (κ3) is 3.85. The molecule has 0 amide bonds. The van der Waals surface area contributed by atoms with Crippen molar-refractivity contribution < 1.29 is 4.52 Å². The molecule has 0 bridgehead atoms. The molecule has 0 saturated carbocycles. The van der Waals surface area contributed by atoms with E-state index in [2.05, 4.69) is 55.2 Å². The number of hydrogen-bond donors (Lipinski definition) is 0. The first kappa shape index (κ1) is 16.7. The molecule has 0 aliphatic rings. The molecule has 0 spiro atoms. The number of aromatic nitrogens is 2. The van der Waals surface area contributed by atoms with E-state index in [9.17, 15) is 0 Å². The molecular weight excluding hydrogens is 320 g/mol. The summed E-state index contributed by atoms with van der Waals surface area (Å²) >= 11 is 5.91. The van der Waals surface area contributed by atoms with Crippen LogP contribution in [0, 0.1) is 5.92 Å². The molecule has 0 saturated heterocycles. The van der Waals surface area contributed by atoms with Crippen LogP contribution < -0.4 is 0 Å². The molecule has 0 unspecified atom stereocenters. The van der Waals surface area contributed by atoms with E-state index in [0.717, 1.165) is 12.0 Å². The number of halogens is 1. The lowest BCUT2D eigenvalue weighted by Crippen LogP contribution is -1.98. The van der Waals surface area contributed by atoms with E-state index in [1.54, 1.807) is 0 Å². The lowest BCUT2D eigenvalue weighted by molar-refractivity contribution is 0.371. The standard InChI is InChI=1S/C20H21ClN2O/c1-13(2)12-15-4-6-16(7-5-15)14(3)20-22-19(23-24-20)17-8-10-18(21)11-9-17/h4-11,13-14H,12H2,1-3H3/t14-/m0/s1. The Morgan fingerprint density at radius 2 is 1.62 bits per heavy atom. The third-order valence-corrected chi connectivity index (χ3v) is 4.29. The Hall–Kier alpha value is -2.13. The van der Waals surface area contributed by atoms with E-state index in [4.69, 9.17) is 16.1 Å². The summed E-state index contributed by atoms with van der Waals surface area (Å²) in [5, 5.41) is 4.78. The fourth-order valence-electron chi connectivity index (χ4n) is 2.68. The van der Waals surface area contributed by atoms with E-state index in [0.29, 0.717) is 22.7 Å². The minimum atomic E-state index is 0.0617. The molecule has 0 N–H and O–H groups in total. The molecule has 1 heterocycles. The SMILES string of the molecule is CC(C)Cc1ccc([C@H](C)c2nc(-c3ccc(Cl)cc3)no2)cc1. The van der Waals surface area contributed by atoms with Gasteiger partial charge in [0, 0.05) is 10.6 Å². The maximum absolute atomic E-state index is 5.91. The summed E-state index contributed by atoms with van der Waals surface area (Å²) in [5.41, 5.74) is 3.43. The van der Waals surface area contributed by atoms with Crippen molar-refractivity contribution in [2.24, 2.45) is 5.92 Å². The van der Waals surface area contributed by atoms with Crippen LogP contribution in [0.25, 0.3) is 11.4 Å². The molecular formula is C20H21ClN2O. The molecule has 3 nitrogen and oxygen atoms in total. The Morgan fingerprint density at radius 1 is 0.958 bits per heavy atom. The summed E-state index contributed by atoms with van der Waals surface area (Å²) in [6.45, 7) is 6.54. The third-order valence-electron chi connectivity index (χ3n) is 4.04. The van der Waals surface area contributed by atoms with Gasteiger partial charge in [-0.25, -0.2) is 0 Å². The lowest BCUT2D eigenvalue weighted by Gasteiger charge is -2.09. The van der Waals surface area contributed by atoms with Gasteiger partial charge in [-0.05, 0) is 54.7 Å². The number of benzene rings is 2. The van der Waals surface area contributed by atoms with Crippen LogP contribution >= 0.6 is 11.6 Å². The predicted molar refractivity (Wildman–Crippen MR) is 97.2 cm³/mol. The van der Waals surface area contributed by atoms with E-state index in [-0.39, 0.29) is 5.92 Å². The average Bonchev–Trinajstić information content (AvgIpc) is 3.05. The summed E-state index contributed by atoms with van der Waals surface area (Å²) in [4.78, 5) is 4.54. The van der Waals surface area contributed by atoms with Crippen molar-refractivity contribution in [2.45, 2.75) is 33.1 Å². The monoisotopic (exact) mass is 340 g/mol. The van der Waals surface area contributed by atoms with Gasteiger partial charge in [0.25, 0.3) is 0 Å². The van der Waals surface area contributed by atoms with Gasteiger partial charge in [-0.1, -0.05) is 54.9 Å². The second-order valence-electron chi connectivity index (χ2n) is 6.52. The average molecular weight is 341 g/mol. The van der Waals surface area contributed by atoms with Gasteiger partial charge in [0.05, 0.1) is 5.92 Å². The van der Waals surface area contributed by atoms with Crippen LogP contribution in [0.3, 0.4) is 0 Å². The summed E-state index contributed by atoms with van der Waals surface area (Å²) in [7, 11) is 0. The zero-order valence-corrected chi connectivity index (χ0v) is 14.9. The van der Waals surface area contributed by atoms with Crippen LogP contribution in [0.15, 0.2) is 53.1 Å². The molecule has 3 aromatic rings. The normalized spacial score (nSPS) is 12.5. The van der Waals surface area contributed by atoms with Gasteiger partial charge in [-0.2, -0.15) is 4.98 Å². The second-order valence-corrected chi connectivity index (χ2v) is 6.96. The number of rotatable bonds is 5. The minimum Gasteiger partial charge on any atom is -0.338 e. The summed E-state index contributed by atoms with van der Waals surface area (Å²) in [6.07, 6.45) is 1.09. The number of hydrogen-bond acceptors (Lipinski definition) is 3. The van der Waals surface area contributed by atoms with Crippen LogP contribution in [0.1, 0.15) is 43.7 Å². The Labute approximate surface area is 147 Å². The minimum absolute atomic E-state index is 0.0617. The molecule has 124 valence electrons. The van der Waals surface area contributed by atoms with Crippen LogP contribution in [0.5, 0.6) is 0 Å². The summed E-state index contributed by atoms with van der Waals surface area (Å²) in [5.74, 6) is 1.93. The maximum Gasteiger partial charge on any atom is 0.234 e. The molecule has 2 aromatic carbocycles. The van der Waals surface area contributed by atoms with E-state index >= 15 is 0 Å². The maximum atomic E-state index is 5.91. The van der Waals surface area contributed by atoms with Crippen molar-refractivity contribution in [3.8, 4) is 11.4 Å². The molecule has 1 atom stereocenters. The first-order valence-corrected chi connectivity index (χ1v) is 8.59. The van der Waals surface area contributed by atoms with Gasteiger partial charge in [-0.15, -0.1) is 0 Å². The van der Waals surface area contributed by atoms with E-state index < -0.39 is 0 Å².